The molecular weight excluding hydrogens is 621 g/mol. The van der Waals surface area contributed by atoms with E-state index in [2.05, 4.69) is 16.0 Å². The fourth-order valence-corrected chi connectivity index (χ4v) is 5.24. The summed E-state index contributed by atoms with van der Waals surface area (Å²) in [4.78, 5) is 40.2. The van der Waals surface area contributed by atoms with Crippen molar-refractivity contribution in [1.29, 1.82) is 0 Å². The summed E-state index contributed by atoms with van der Waals surface area (Å²) in [7, 11) is 3.04. The van der Waals surface area contributed by atoms with Gasteiger partial charge in [-0.3, -0.25) is 14.4 Å². The lowest BCUT2D eigenvalue weighted by Gasteiger charge is -2.15. The van der Waals surface area contributed by atoms with E-state index in [-0.39, 0.29) is 11.6 Å². The van der Waals surface area contributed by atoms with E-state index in [9.17, 15) is 14.4 Å². The van der Waals surface area contributed by atoms with E-state index in [1.807, 2.05) is 6.07 Å². The van der Waals surface area contributed by atoms with Crippen LogP contribution < -0.4 is 25.4 Å². The Morgan fingerprint density at radius 3 is 2.34 bits per heavy atom. The minimum absolute atomic E-state index is 0.0189. The number of carbonyl (C=O) groups excluding carboxylic acids is 3. The third-order valence-electron chi connectivity index (χ3n) is 6.23. The number of hydrogen-bond acceptors (Lipinski definition) is 6. The summed E-state index contributed by atoms with van der Waals surface area (Å²) in [6, 6.07) is 25.5. The number of anilines is 2. The van der Waals surface area contributed by atoms with Crippen LogP contribution in [0.2, 0.25) is 10.0 Å². The molecule has 0 aliphatic heterocycles. The predicted molar refractivity (Wildman–Crippen MR) is 177 cm³/mol. The fourth-order valence-electron chi connectivity index (χ4n) is 3.98. The summed E-state index contributed by atoms with van der Waals surface area (Å²) in [5.41, 5.74) is 1.77. The Labute approximate surface area is 269 Å². The van der Waals surface area contributed by atoms with Crippen LogP contribution in [0.15, 0.2) is 102 Å². The normalized spacial score (nSPS) is 11.7. The second kappa shape index (κ2) is 15.3. The van der Waals surface area contributed by atoms with Crippen molar-refractivity contribution in [2.45, 2.75) is 17.1 Å². The second-order valence-electron chi connectivity index (χ2n) is 9.34. The summed E-state index contributed by atoms with van der Waals surface area (Å²) < 4.78 is 10.8. The standard InChI is InChI=1S/C33H29Cl2N3O5S/c1-20(31(39)37-28-18-23(34)12-14-27(28)35)44-26-11-7-10-24(19-26)36-33(41)29(38-32(40)21-8-5-4-6-9-21)17-22-16-25(42-2)13-15-30(22)43-3/h4-20H,1-3H3,(H,36,41)(H,37,39)(H,38,40)/b29-17+. The molecular formula is C33H29Cl2N3O5S. The number of hydrogen-bond donors (Lipinski definition) is 3. The number of carbonyl (C=O) groups is 3. The monoisotopic (exact) mass is 649 g/mol. The van der Waals surface area contributed by atoms with Gasteiger partial charge in [0.05, 0.1) is 30.2 Å². The van der Waals surface area contributed by atoms with Crippen LogP contribution in [-0.4, -0.2) is 37.2 Å². The highest BCUT2D eigenvalue weighted by Gasteiger charge is 2.19. The largest absolute Gasteiger partial charge is 0.497 e. The van der Waals surface area contributed by atoms with E-state index in [1.165, 1.54) is 32.1 Å². The molecule has 0 saturated carbocycles. The van der Waals surface area contributed by atoms with Crippen LogP contribution >= 0.6 is 35.0 Å². The van der Waals surface area contributed by atoms with Gasteiger partial charge in [0.15, 0.2) is 0 Å². The first kappa shape index (κ1) is 32.5. The average Bonchev–Trinajstić information content (AvgIpc) is 3.02. The minimum Gasteiger partial charge on any atom is -0.497 e. The number of amides is 3. The summed E-state index contributed by atoms with van der Waals surface area (Å²) in [5, 5.41) is 8.68. The third kappa shape index (κ3) is 8.79. The van der Waals surface area contributed by atoms with Gasteiger partial charge in [-0.05, 0) is 79.7 Å². The smallest absolute Gasteiger partial charge is 0.272 e. The molecule has 0 aromatic heterocycles. The molecule has 3 amide bonds. The summed E-state index contributed by atoms with van der Waals surface area (Å²) >= 11 is 13.5. The number of thioether (sulfide) groups is 1. The topological polar surface area (TPSA) is 106 Å². The van der Waals surface area contributed by atoms with Crippen molar-refractivity contribution in [3.05, 3.63) is 118 Å². The first-order chi connectivity index (χ1) is 21.2. The molecule has 11 heteroatoms. The lowest BCUT2D eigenvalue weighted by atomic mass is 10.1. The number of nitrogens with one attached hydrogen (secondary N) is 3. The Hall–Kier alpha value is -4.44. The van der Waals surface area contributed by atoms with Gasteiger partial charge < -0.3 is 25.4 Å². The number of ether oxygens (including phenoxy) is 2. The molecule has 1 unspecified atom stereocenters. The Kier molecular flexibility index (Phi) is 11.3. The zero-order chi connectivity index (χ0) is 31.6. The molecule has 3 N–H and O–H groups in total. The van der Waals surface area contributed by atoms with Gasteiger partial charge in [-0.1, -0.05) is 47.5 Å². The van der Waals surface area contributed by atoms with Crippen molar-refractivity contribution >= 4 is 70.1 Å². The van der Waals surface area contributed by atoms with Gasteiger partial charge in [-0.2, -0.15) is 0 Å². The van der Waals surface area contributed by atoms with E-state index in [0.29, 0.717) is 44.0 Å². The third-order valence-corrected chi connectivity index (χ3v) is 7.88. The molecule has 4 rings (SSSR count). The fraction of sp³-hybridized carbons (Fsp3) is 0.121. The molecule has 0 bridgehead atoms. The lowest BCUT2D eigenvalue weighted by molar-refractivity contribution is -0.115. The molecule has 0 aliphatic carbocycles. The van der Waals surface area contributed by atoms with Crippen molar-refractivity contribution in [3.8, 4) is 11.5 Å². The molecule has 0 fully saturated rings. The summed E-state index contributed by atoms with van der Waals surface area (Å²) in [5.74, 6) is -0.267. The van der Waals surface area contributed by atoms with Gasteiger partial charge in [0.1, 0.15) is 17.2 Å². The van der Waals surface area contributed by atoms with Crippen molar-refractivity contribution in [2.24, 2.45) is 0 Å². The quantitative estimate of drug-likeness (QED) is 0.114. The molecule has 0 heterocycles. The van der Waals surface area contributed by atoms with Gasteiger partial charge in [0.25, 0.3) is 11.8 Å². The maximum Gasteiger partial charge on any atom is 0.272 e. The number of methoxy groups -OCH3 is 2. The van der Waals surface area contributed by atoms with E-state index >= 15 is 0 Å². The predicted octanol–water partition coefficient (Wildman–Crippen LogP) is 7.54. The van der Waals surface area contributed by atoms with Crippen LogP contribution in [0.3, 0.4) is 0 Å². The summed E-state index contributed by atoms with van der Waals surface area (Å²) in [6.07, 6.45) is 1.52. The zero-order valence-corrected chi connectivity index (χ0v) is 26.3. The van der Waals surface area contributed by atoms with Gasteiger partial charge >= 0.3 is 0 Å². The van der Waals surface area contributed by atoms with Crippen LogP contribution in [0.5, 0.6) is 11.5 Å². The first-order valence-electron chi connectivity index (χ1n) is 13.3. The zero-order valence-electron chi connectivity index (χ0n) is 24.0. The van der Waals surface area contributed by atoms with E-state index < -0.39 is 17.1 Å². The van der Waals surface area contributed by atoms with Crippen molar-refractivity contribution in [3.63, 3.8) is 0 Å². The molecule has 226 valence electrons. The SMILES string of the molecule is COc1ccc(OC)c(/C=C(/NC(=O)c2ccccc2)C(=O)Nc2cccc(SC(C)C(=O)Nc3cc(Cl)ccc3Cl)c2)c1. The second-order valence-corrected chi connectivity index (χ2v) is 11.6. The Morgan fingerprint density at radius 2 is 1.61 bits per heavy atom. The molecule has 4 aromatic rings. The molecule has 0 saturated heterocycles. The van der Waals surface area contributed by atoms with Gasteiger partial charge in [0.2, 0.25) is 5.91 Å². The molecule has 8 nitrogen and oxygen atoms in total. The summed E-state index contributed by atoms with van der Waals surface area (Å²) in [6.45, 7) is 1.76. The molecule has 1 atom stereocenters. The van der Waals surface area contributed by atoms with E-state index in [1.54, 1.807) is 91.9 Å². The van der Waals surface area contributed by atoms with Crippen molar-refractivity contribution in [1.82, 2.24) is 5.32 Å². The van der Waals surface area contributed by atoms with Crippen LogP contribution in [-0.2, 0) is 9.59 Å². The molecule has 0 radical (unpaired) electrons. The Balaban J connectivity index is 1.54. The van der Waals surface area contributed by atoms with Crippen LogP contribution in [0.1, 0.15) is 22.8 Å². The first-order valence-corrected chi connectivity index (χ1v) is 14.9. The number of rotatable bonds is 11. The highest BCUT2D eigenvalue weighted by atomic mass is 35.5. The molecule has 44 heavy (non-hydrogen) atoms. The maximum atomic E-state index is 13.6. The highest BCUT2D eigenvalue weighted by Crippen LogP contribution is 2.30. The maximum absolute atomic E-state index is 13.6. The van der Waals surface area contributed by atoms with Crippen LogP contribution in [0.4, 0.5) is 11.4 Å². The van der Waals surface area contributed by atoms with Crippen LogP contribution in [0.25, 0.3) is 6.08 Å². The molecule has 0 aliphatic rings. The molecule has 0 spiro atoms. The van der Waals surface area contributed by atoms with Gasteiger partial charge in [-0.25, -0.2) is 0 Å². The number of halogens is 2. The van der Waals surface area contributed by atoms with Crippen molar-refractivity contribution in [2.75, 3.05) is 24.9 Å². The van der Waals surface area contributed by atoms with Gasteiger partial charge in [-0.15, -0.1) is 11.8 Å². The lowest BCUT2D eigenvalue weighted by Crippen LogP contribution is -2.30. The van der Waals surface area contributed by atoms with E-state index in [0.717, 1.165) is 4.90 Å². The Morgan fingerprint density at radius 1 is 0.841 bits per heavy atom. The van der Waals surface area contributed by atoms with E-state index in [4.69, 9.17) is 32.7 Å². The number of benzene rings is 4. The average molecular weight is 651 g/mol. The molecule has 4 aromatic carbocycles. The van der Waals surface area contributed by atoms with Crippen molar-refractivity contribution < 1.29 is 23.9 Å². The minimum atomic E-state index is -0.567. The highest BCUT2D eigenvalue weighted by molar-refractivity contribution is 8.00. The van der Waals surface area contributed by atoms with Gasteiger partial charge in [0, 0.05) is 26.7 Å². The Bertz CT molecular complexity index is 1700. The van der Waals surface area contributed by atoms with Crippen LogP contribution in [0, 0.1) is 0 Å².